The molecule has 1 aromatic carbocycles. The molecule has 2 rings (SSSR count). The van der Waals surface area contributed by atoms with Gasteiger partial charge in [-0.2, -0.15) is 0 Å². The molecule has 0 fully saturated rings. The highest BCUT2D eigenvalue weighted by atomic mass is 79.9. The van der Waals surface area contributed by atoms with E-state index in [2.05, 4.69) is 25.9 Å². The fraction of sp³-hybridized carbons (Fsp3) is 0. The molecule has 0 bridgehead atoms. The summed E-state index contributed by atoms with van der Waals surface area (Å²) in [4.78, 5) is 7.79. The molecule has 0 saturated carbocycles. The van der Waals surface area contributed by atoms with E-state index in [0.717, 1.165) is 22.4 Å². The van der Waals surface area contributed by atoms with Gasteiger partial charge < -0.3 is 0 Å². The van der Waals surface area contributed by atoms with Gasteiger partial charge in [0.2, 0.25) is 0 Å². The first-order valence-electron chi connectivity index (χ1n) is 4.00. The van der Waals surface area contributed by atoms with Crippen LogP contribution >= 0.6 is 15.9 Å². The third-order valence-electron chi connectivity index (χ3n) is 1.74. The van der Waals surface area contributed by atoms with Crippen molar-refractivity contribution in [2.75, 3.05) is 0 Å². The number of hydrogen-bond acceptors (Lipinski definition) is 2. The van der Waals surface area contributed by atoms with Crippen LogP contribution in [0.4, 0.5) is 4.39 Å². The molecular formula is C10H6BrFN2. The number of nitrogens with zero attached hydrogens (tertiary/aromatic N) is 2. The summed E-state index contributed by atoms with van der Waals surface area (Å²) in [5.41, 5.74) is 0.854. The zero-order valence-electron chi connectivity index (χ0n) is 7.11. The normalized spacial score (nSPS) is 10.1. The Morgan fingerprint density at radius 2 is 1.71 bits per heavy atom. The van der Waals surface area contributed by atoms with E-state index in [1.807, 2.05) is 24.3 Å². The van der Waals surface area contributed by atoms with Crippen LogP contribution in [0.15, 0.2) is 41.1 Å². The van der Waals surface area contributed by atoms with Crippen molar-refractivity contribution in [2.45, 2.75) is 0 Å². The van der Waals surface area contributed by atoms with E-state index in [1.165, 1.54) is 0 Å². The summed E-state index contributed by atoms with van der Waals surface area (Å²) >= 11 is 3.38. The highest BCUT2D eigenvalue weighted by Gasteiger charge is 2.04. The molecule has 0 radical (unpaired) electrons. The molecule has 2 aromatic rings. The Morgan fingerprint density at radius 3 is 2.36 bits per heavy atom. The summed E-state index contributed by atoms with van der Waals surface area (Å²) in [5.74, 6) is 0.0830. The van der Waals surface area contributed by atoms with Gasteiger partial charge in [-0.25, -0.2) is 14.4 Å². The van der Waals surface area contributed by atoms with E-state index in [9.17, 15) is 4.39 Å². The van der Waals surface area contributed by atoms with Crippen LogP contribution in [0.5, 0.6) is 0 Å². The third-order valence-corrected chi connectivity index (χ3v) is 2.43. The molecule has 4 heteroatoms. The monoisotopic (exact) mass is 252 g/mol. The maximum absolute atomic E-state index is 12.6. The van der Waals surface area contributed by atoms with Gasteiger partial charge >= 0.3 is 0 Å². The molecule has 0 N–H and O–H groups in total. The number of hydrogen-bond donors (Lipinski definition) is 0. The van der Waals surface area contributed by atoms with Crippen molar-refractivity contribution in [3.63, 3.8) is 0 Å². The first-order valence-corrected chi connectivity index (χ1v) is 4.79. The maximum Gasteiger partial charge on any atom is 0.160 e. The summed E-state index contributed by atoms with van der Waals surface area (Å²) in [7, 11) is 0. The van der Waals surface area contributed by atoms with Gasteiger partial charge in [-0.15, -0.1) is 0 Å². The van der Waals surface area contributed by atoms with Gasteiger partial charge in [0.25, 0.3) is 0 Å². The number of aromatic nitrogens is 2. The summed E-state index contributed by atoms with van der Waals surface area (Å²) < 4.78 is 13.5. The van der Waals surface area contributed by atoms with Crippen molar-refractivity contribution in [1.29, 1.82) is 0 Å². The molecule has 14 heavy (non-hydrogen) atoms. The first kappa shape index (κ1) is 9.27. The van der Waals surface area contributed by atoms with Gasteiger partial charge in [0.05, 0.1) is 12.4 Å². The standard InChI is InChI=1S/C10H6BrFN2/c11-9-4-2-1-3-8(9)10-13-5-7(12)6-14-10/h1-6H. The fourth-order valence-corrected chi connectivity index (χ4v) is 1.56. The Balaban J connectivity index is 2.50. The molecule has 0 aliphatic carbocycles. The largest absolute Gasteiger partial charge is 0.233 e. The van der Waals surface area contributed by atoms with Gasteiger partial charge in [0.1, 0.15) is 0 Å². The van der Waals surface area contributed by atoms with E-state index < -0.39 is 5.82 Å². The topological polar surface area (TPSA) is 25.8 Å². The molecule has 2 nitrogen and oxygen atoms in total. The molecule has 0 saturated heterocycles. The van der Waals surface area contributed by atoms with Gasteiger partial charge in [-0.05, 0) is 6.07 Å². The van der Waals surface area contributed by atoms with Gasteiger partial charge in [-0.1, -0.05) is 34.1 Å². The molecule has 0 unspecified atom stereocenters. The van der Waals surface area contributed by atoms with Crippen LogP contribution < -0.4 is 0 Å². The summed E-state index contributed by atoms with van der Waals surface area (Å²) in [6, 6.07) is 7.54. The lowest BCUT2D eigenvalue weighted by Crippen LogP contribution is -1.90. The van der Waals surface area contributed by atoms with Gasteiger partial charge in [0, 0.05) is 10.0 Å². The van der Waals surface area contributed by atoms with Crippen molar-refractivity contribution in [3.05, 3.63) is 46.9 Å². The first-order chi connectivity index (χ1) is 6.77. The van der Waals surface area contributed by atoms with Crippen LogP contribution in [0.2, 0.25) is 0 Å². The molecule has 0 aliphatic rings. The zero-order valence-corrected chi connectivity index (χ0v) is 8.70. The van der Waals surface area contributed by atoms with Gasteiger partial charge in [-0.3, -0.25) is 0 Å². The van der Waals surface area contributed by atoms with Crippen LogP contribution in [0, 0.1) is 5.82 Å². The van der Waals surface area contributed by atoms with Crippen molar-refractivity contribution in [2.24, 2.45) is 0 Å². The number of benzene rings is 1. The predicted octanol–water partition coefficient (Wildman–Crippen LogP) is 3.05. The summed E-state index contributed by atoms with van der Waals surface area (Å²) in [5, 5.41) is 0. The minimum atomic E-state index is -0.430. The minimum absolute atomic E-state index is 0.430. The van der Waals surface area contributed by atoms with Crippen LogP contribution in [0.3, 0.4) is 0 Å². The number of halogens is 2. The van der Waals surface area contributed by atoms with E-state index in [4.69, 9.17) is 0 Å². The van der Waals surface area contributed by atoms with Crippen molar-refractivity contribution in [1.82, 2.24) is 9.97 Å². The van der Waals surface area contributed by atoms with Crippen molar-refractivity contribution < 1.29 is 4.39 Å². The van der Waals surface area contributed by atoms with Crippen molar-refractivity contribution in [3.8, 4) is 11.4 Å². The molecule has 1 aromatic heterocycles. The van der Waals surface area contributed by atoms with Gasteiger partial charge in [0.15, 0.2) is 11.6 Å². The Bertz CT molecular complexity index is 442. The Hall–Kier alpha value is -1.29. The molecular weight excluding hydrogens is 247 g/mol. The Labute approximate surface area is 89.0 Å². The smallest absolute Gasteiger partial charge is 0.160 e. The quantitative estimate of drug-likeness (QED) is 0.780. The Morgan fingerprint density at radius 1 is 1.07 bits per heavy atom. The second kappa shape index (κ2) is 3.84. The fourth-order valence-electron chi connectivity index (χ4n) is 1.09. The average Bonchev–Trinajstić information content (AvgIpc) is 2.20. The zero-order chi connectivity index (χ0) is 9.97. The van der Waals surface area contributed by atoms with Crippen LogP contribution in [-0.4, -0.2) is 9.97 Å². The second-order valence-electron chi connectivity index (χ2n) is 2.70. The average molecular weight is 253 g/mol. The van der Waals surface area contributed by atoms with E-state index in [0.29, 0.717) is 5.82 Å². The van der Waals surface area contributed by atoms with Crippen LogP contribution in [0.1, 0.15) is 0 Å². The Kier molecular flexibility index (Phi) is 2.54. The van der Waals surface area contributed by atoms with E-state index >= 15 is 0 Å². The highest BCUT2D eigenvalue weighted by molar-refractivity contribution is 9.10. The molecule has 70 valence electrons. The molecule has 1 heterocycles. The molecule has 0 amide bonds. The maximum atomic E-state index is 12.6. The lowest BCUT2D eigenvalue weighted by Gasteiger charge is -2.01. The summed E-state index contributed by atoms with van der Waals surface area (Å²) in [6.07, 6.45) is 2.31. The lowest BCUT2D eigenvalue weighted by molar-refractivity contribution is 0.614. The van der Waals surface area contributed by atoms with Crippen LogP contribution in [-0.2, 0) is 0 Å². The third kappa shape index (κ3) is 1.80. The molecule has 0 atom stereocenters. The van der Waals surface area contributed by atoms with Crippen molar-refractivity contribution >= 4 is 15.9 Å². The highest BCUT2D eigenvalue weighted by Crippen LogP contribution is 2.24. The summed E-state index contributed by atoms with van der Waals surface area (Å²) in [6.45, 7) is 0. The molecule has 0 spiro atoms. The SMILES string of the molecule is Fc1cnc(-c2ccccc2Br)nc1. The second-order valence-corrected chi connectivity index (χ2v) is 3.56. The van der Waals surface area contributed by atoms with E-state index in [-0.39, 0.29) is 0 Å². The minimum Gasteiger partial charge on any atom is -0.233 e. The van der Waals surface area contributed by atoms with Crippen LogP contribution in [0.25, 0.3) is 11.4 Å². The predicted molar refractivity (Wildman–Crippen MR) is 55.1 cm³/mol. The molecule has 0 aliphatic heterocycles. The lowest BCUT2D eigenvalue weighted by atomic mass is 10.2. The van der Waals surface area contributed by atoms with E-state index in [1.54, 1.807) is 0 Å². The number of rotatable bonds is 1.